The number of hydrogen-bond acceptors (Lipinski definition) is 5. The van der Waals surface area contributed by atoms with Crippen LogP contribution < -0.4 is 10.6 Å². The van der Waals surface area contributed by atoms with Gasteiger partial charge in [0.05, 0.1) is 29.9 Å². The average molecular weight is 514 g/mol. The van der Waals surface area contributed by atoms with Gasteiger partial charge < -0.3 is 10.0 Å². The van der Waals surface area contributed by atoms with Crippen molar-refractivity contribution in [2.75, 3.05) is 31.2 Å². The number of likely N-dealkylation sites (tertiary alicyclic amines) is 1. The van der Waals surface area contributed by atoms with Crippen molar-refractivity contribution in [2.24, 2.45) is 5.41 Å². The minimum atomic E-state index is -1.08. The number of amides is 2. The molecule has 2 amide bonds. The van der Waals surface area contributed by atoms with E-state index in [2.05, 4.69) is 9.99 Å². The summed E-state index contributed by atoms with van der Waals surface area (Å²) in [6, 6.07) is 21.2. The molecule has 2 aliphatic heterocycles. The van der Waals surface area contributed by atoms with Gasteiger partial charge in [-0.15, -0.1) is 0 Å². The quantitative estimate of drug-likeness (QED) is 0.567. The van der Waals surface area contributed by atoms with Gasteiger partial charge >= 0.3 is 6.03 Å². The number of urea groups is 1. The van der Waals surface area contributed by atoms with Crippen LogP contribution in [0, 0.1) is 5.41 Å². The molecule has 0 unspecified atom stereocenters. The van der Waals surface area contributed by atoms with Gasteiger partial charge in [0.2, 0.25) is 0 Å². The van der Waals surface area contributed by atoms with Gasteiger partial charge in [0, 0.05) is 43.2 Å². The predicted molar refractivity (Wildman–Crippen MR) is 146 cm³/mol. The first-order valence-corrected chi connectivity index (χ1v) is 13.7. The monoisotopic (exact) mass is 513 g/mol. The zero-order valence-corrected chi connectivity index (χ0v) is 21.7. The van der Waals surface area contributed by atoms with E-state index < -0.39 is 11.0 Å². The molecule has 38 heavy (non-hydrogen) atoms. The van der Waals surface area contributed by atoms with Gasteiger partial charge in [-0.2, -0.15) is 0 Å². The summed E-state index contributed by atoms with van der Waals surface area (Å²) in [6.07, 6.45) is 6.66. The van der Waals surface area contributed by atoms with Gasteiger partial charge in [-0.1, -0.05) is 61.4 Å². The van der Waals surface area contributed by atoms with Gasteiger partial charge in [-0.25, -0.2) is 14.8 Å². The highest BCUT2D eigenvalue weighted by atomic mass is 16.3. The standard InChI is InChI=1S/C30H35N5O3/c36-27-20-26(24-10-3-1-4-11-24)31-23-33(27)22-30(38)16-19-32(21-29(30)14-7-8-15-29)28(37)35-18-9-17-34(35)25-12-5-2-6-13-25/h1-6,10-13,20,23,38H,7-9,14-19,21-22H2/t30-/m1/s1. The zero-order valence-electron chi connectivity index (χ0n) is 21.7. The number of benzene rings is 2. The van der Waals surface area contributed by atoms with E-state index in [9.17, 15) is 14.7 Å². The maximum Gasteiger partial charge on any atom is 0.338 e. The lowest BCUT2D eigenvalue weighted by atomic mass is 9.66. The van der Waals surface area contributed by atoms with E-state index in [1.165, 1.54) is 0 Å². The molecule has 198 valence electrons. The lowest BCUT2D eigenvalue weighted by Crippen LogP contribution is -2.64. The third kappa shape index (κ3) is 4.36. The van der Waals surface area contributed by atoms with Crippen LogP contribution in [0.3, 0.4) is 0 Å². The average Bonchev–Trinajstić information content (AvgIpc) is 3.63. The molecule has 2 aromatic carbocycles. The molecule has 1 aromatic heterocycles. The van der Waals surface area contributed by atoms with Crippen molar-refractivity contribution in [2.45, 2.75) is 50.7 Å². The Morgan fingerprint density at radius 2 is 1.61 bits per heavy atom. The number of carbonyl (C=O) groups is 1. The van der Waals surface area contributed by atoms with Crippen LogP contribution in [0.25, 0.3) is 11.3 Å². The number of aromatic nitrogens is 2. The molecule has 0 bridgehead atoms. The zero-order chi connectivity index (χ0) is 26.2. The van der Waals surface area contributed by atoms with Crippen LogP contribution in [0.15, 0.2) is 77.9 Å². The van der Waals surface area contributed by atoms with Crippen molar-refractivity contribution in [3.05, 3.63) is 83.4 Å². The van der Waals surface area contributed by atoms with E-state index in [-0.39, 0.29) is 18.1 Å². The second-order valence-electron chi connectivity index (χ2n) is 11.0. The molecule has 8 nitrogen and oxygen atoms in total. The Hall–Kier alpha value is -3.65. The van der Waals surface area contributed by atoms with Crippen LogP contribution in [0.5, 0.6) is 0 Å². The molecular weight excluding hydrogens is 478 g/mol. The molecule has 1 N–H and O–H groups in total. The normalized spacial score (nSPS) is 22.8. The Balaban J connectivity index is 1.22. The van der Waals surface area contributed by atoms with Crippen LogP contribution in [-0.4, -0.2) is 62.4 Å². The highest BCUT2D eigenvalue weighted by Gasteiger charge is 2.56. The molecule has 3 fully saturated rings. The molecule has 3 aliphatic rings. The van der Waals surface area contributed by atoms with E-state index in [0.717, 1.165) is 49.9 Å². The van der Waals surface area contributed by atoms with Crippen molar-refractivity contribution < 1.29 is 9.90 Å². The third-order valence-corrected chi connectivity index (χ3v) is 8.79. The van der Waals surface area contributed by atoms with Gasteiger partial charge in [0.25, 0.3) is 5.56 Å². The fraction of sp³-hybridized carbons (Fsp3) is 0.433. The maximum atomic E-state index is 13.8. The molecule has 1 aliphatic carbocycles. The Bertz CT molecular complexity index is 1340. The molecule has 1 saturated carbocycles. The summed E-state index contributed by atoms with van der Waals surface area (Å²) in [5, 5.41) is 16.1. The minimum absolute atomic E-state index is 0.00530. The first-order chi connectivity index (χ1) is 18.5. The van der Waals surface area contributed by atoms with Crippen LogP contribution >= 0.6 is 0 Å². The molecule has 1 atom stereocenters. The molecule has 8 heteroatoms. The number of anilines is 1. The lowest BCUT2D eigenvalue weighted by Gasteiger charge is -2.53. The topological polar surface area (TPSA) is 81.9 Å². The lowest BCUT2D eigenvalue weighted by molar-refractivity contribution is -0.136. The summed E-state index contributed by atoms with van der Waals surface area (Å²) in [7, 11) is 0. The molecular formula is C30H35N5O3. The van der Waals surface area contributed by atoms with Crippen molar-refractivity contribution in [1.29, 1.82) is 0 Å². The number of aliphatic hydroxyl groups is 1. The second kappa shape index (κ2) is 9.91. The van der Waals surface area contributed by atoms with E-state index >= 15 is 0 Å². The summed E-state index contributed by atoms with van der Waals surface area (Å²) in [5.74, 6) is 0. The minimum Gasteiger partial charge on any atom is -0.387 e. The maximum absolute atomic E-state index is 13.8. The molecule has 2 saturated heterocycles. The Morgan fingerprint density at radius 3 is 2.32 bits per heavy atom. The van der Waals surface area contributed by atoms with Crippen molar-refractivity contribution in [3.63, 3.8) is 0 Å². The molecule has 1 spiro atoms. The second-order valence-corrected chi connectivity index (χ2v) is 11.0. The predicted octanol–water partition coefficient (Wildman–Crippen LogP) is 4.15. The van der Waals surface area contributed by atoms with Crippen LogP contribution in [0.2, 0.25) is 0 Å². The molecule has 0 radical (unpaired) electrons. The van der Waals surface area contributed by atoms with Crippen molar-refractivity contribution >= 4 is 11.7 Å². The molecule has 3 heterocycles. The van der Waals surface area contributed by atoms with Crippen LogP contribution in [0.4, 0.5) is 10.5 Å². The highest BCUT2D eigenvalue weighted by molar-refractivity contribution is 5.77. The van der Waals surface area contributed by atoms with Crippen LogP contribution in [0.1, 0.15) is 38.5 Å². The van der Waals surface area contributed by atoms with Gasteiger partial charge in [-0.3, -0.25) is 14.4 Å². The number of rotatable bonds is 4. The largest absolute Gasteiger partial charge is 0.387 e. The number of hydrazine groups is 1. The number of hydrogen-bond donors (Lipinski definition) is 1. The van der Waals surface area contributed by atoms with Gasteiger partial charge in [0.15, 0.2) is 0 Å². The van der Waals surface area contributed by atoms with Crippen molar-refractivity contribution in [1.82, 2.24) is 19.5 Å². The Labute approximate surface area is 223 Å². The van der Waals surface area contributed by atoms with Gasteiger partial charge in [-0.05, 0) is 37.8 Å². The SMILES string of the molecule is O=C(N1CC[C@@](O)(Cn2cnc(-c3ccccc3)cc2=O)C2(CCCC2)C1)N1CCCN1c1ccccc1. The van der Waals surface area contributed by atoms with Gasteiger partial charge in [0.1, 0.15) is 0 Å². The smallest absolute Gasteiger partial charge is 0.338 e. The summed E-state index contributed by atoms with van der Waals surface area (Å²) < 4.78 is 1.54. The molecule has 3 aromatic rings. The number of carbonyl (C=O) groups excluding carboxylic acids is 1. The van der Waals surface area contributed by atoms with E-state index in [1.54, 1.807) is 17.0 Å². The first-order valence-electron chi connectivity index (χ1n) is 13.7. The number of nitrogens with zero attached hydrogens (tertiary/aromatic N) is 5. The van der Waals surface area contributed by atoms with Crippen molar-refractivity contribution in [3.8, 4) is 11.3 Å². The highest BCUT2D eigenvalue weighted by Crippen LogP contribution is 2.51. The summed E-state index contributed by atoms with van der Waals surface area (Å²) in [6.45, 7) is 2.66. The first kappa shape index (κ1) is 24.7. The summed E-state index contributed by atoms with van der Waals surface area (Å²) >= 11 is 0. The Morgan fingerprint density at radius 1 is 0.895 bits per heavy atom. The van der Waals surface area contributed by atoms with E-state index in [4.69, 9.17) is 0 Å². The fourth-order valence-corrected chi connectivity index (χ4v) is 6.70. The summed E-state index contributed by atoms with van der Waals surface area (Å²) in [5.41, 5.74) is 0.854. The summed E-state index contributed by atoms with van der Waals surface area (Å²) in [4.78, 5) is 33.3. The van der Waals surface area contributed by atoms with E-state index in [1.807, 2.05) is 70.6 Å². The molecule has 6 rings (SSSR count). The number of para-hydroxylation sites is 1. The Kier molecular flexibility index (Phi) is 6.43. The third-order valence-electron chi connectivity index (χ3n) is 8.79. The van der Waals surface area contributed by atoms with E-state index in [0.29, 0.717) is 31.7 Å². The number of piperidine rings is 1. The fourth-order valence-electron chi connectivity index (χ4n) is 6.70. The van der Waals surface area contributed by atoms with Crippen LogP contribution in [-0.2, 0) is 6.54 Å².